The SMILES string of the molecule is CC1C(=O)N(C)c2cnc(Nc3cccc(C(=O)N4CCN(C5CCN(C)CC5)CC4)c3)cc2N1C1CCOCC1. The predicted molar refractivity (Wildman–Crippen MR) is 161 cm³/mol. The maximum Gasteiger partial charge on any atom is 0.254 e. The molecule has 3 fully saturated rings. The van der Waals surface area contributed by atoms with Gasteiger partial charge in [-0.25, -0.2) is 4.98 Å². The number of aromatic nitrogens is 1. The van der Waals surface area contributed by atoms with Crippen LogP contribution < -0.4 is 15.1 Å². The average molecular weight is 562 g/mol. The number of anilines is 4. The minimum Gasteiger partial charge on any atom is -0.381 e. The molecule has 220 valence electrons. The van der Waals surface area contributed by atoms with Crippen molar-refractivity contribution in [3.05, 3.63) is 42.1 Å². The van der Waals surface area contributed by atoms with Crippen LogP contribution in [0.1, 0.15) is 43.0 Å². The van der Waals surface area contributed by atoms with E-state index in [-0.39, 0.29) is 23.9 Å². The molecule has 1 unspecified atom stereocenters. The molecule has 1 atom stereocenters. The summed E-state index contributed by atoms with van der Waals surface area (Å²) in [5, 5.41) is 3.42. The number of nitrogens with one attached hydrogen (secondary N) is 1. The van der Waals surface area contributed by atoms with E-state index in [0.717, 1.165) is 69.2 Å². The molecule has 6 rings (SSSR count). The molecule has 4 aliphatic rings. The van der Waals surface area contributed by atoms with Crippen molar-refractivity contribution in [1.29, 1.82) is 0 Å². The molecule has 1 aromatic carbocycles. The third kappa shape index (κ3) is 5.78. The number of hydrogen-bond acceptors (Lipinski definition) is 8. The number of pyridine rings is 1. The summed E-state index contributed by atoms with van der Waals surface area (Å²) in [5.41, 5.74) is 3.31. The van der Waals surface area contributed by atoms with Gasteiger partial charge in [0, 0.05) is 75.8 Å². The standard InChI is InChI=1S/C31H43N7O3/c1-22-30(39)35(3)28-21-32-29(20-27(28)38(22)26-9-17-41-18-10-26)33-24-6-4-5-23(19-24)31(40)37-15-13-36(14-16-37)25-7-11-34(2)12-8-25/h4-6,19-22,25-26H,7-18H2,1-3H3,(H,32,33). The van der Waals surface area contributed by atoms with Gasteiger partial charge in [-0.05, 0) is 70.9 Å². The predicted octanol–water partition coefficient (Wildman–Crippen LogP) is 3.03. The van der Waals surface area contributed by atoms with Crippen LogP contribution in [0.4, 0.5) is 22.9 Å². The second-order valence-electron chi connectivity index (χ2n) is 12.0. The van der Waals surface area contributed by atoms with Crippen LogP contribution in [0.3, 0.4) is 0 Å². The van der Waals surface area contributed by atoms with Gasteiger partial charge in [0.15, 0.2) is 0 Å². The fraction of sp³-hybridized carbons (Fsp3) is 0.581. The van der Waals surface area contributed by atoms with E-state index in [0.29, 0.717) is 30.6 Å². The van der Waals surface area contributed by atoms with Gasteiger partial charge in [-0.15, -0.1) is 0 Å². The van der Waals surface area contributed by atoms with E-state index in [1.54, 1.807) is 11.1 Å². The Hall–Kier alpha value is -3.21. The number of likely N-dealkylation sites (N-methyl/N-ethyl adjacent to an activating group) is 1. The van der Waals surface area contributed by atoms with E-state index >= 15 is 0 Å². The first-order valence-corrected chi connectivity index (χ1v) is 15.1. The summed E-state index contributed by atoms with van der Waals surface area (Å²) in [5.74, 6) is 0.840. The van der Waals surface area contributed by atoms with E-state index in [2.05, 4.69) is 32.0 Å². The van der Waals surface area contributed by atoms with Crippen molar-refractivity contribution < 1.29 is 14.3 Å². The summed E-state index contributed by atoms with van der Waals surface area (Å²) in [6.45, 7) is 9.12. The second-order valence-corrected chi connectivity index (χ2v) is 12.0. The van der Waals surface area contributed by atoms with E-state index in [1.165, 1.54) is 12.8 Å². The maximum atomic E-state index is 13.4. The van der Waals surface area contributed by atoms with Gasteiger partial charge >= 0.3 is 0 Å². The first-order valence-electron chi connectivity index (χ1n) is 15.1. The van der Waals surface area contributed by atoms with Crippen molar-refractivity contribution in [3.63, 3.8) is 0 Å². The lowest BCUT2D eigenvalue weighted by Gasteiger charge is -2.45. The highest BCUT2D eigenvalue weighted by molar-refractivity contribution is 6.05. The number of nitrogens with zero attached hydrogens (tertiary/aromatic N) is 6. The molecule has 0 saturated carbocycles. The number of piperidine rings is 1. The number of benzene rings is 1. The molecular formula is C31H43N7O3. The molecule has 0 radical (unpaired) electrons. The van der Waals surface area contributed by atoms with Gasteiger partial charge in [0.1, 0.15) is 11.9 Å². The highest BCUT2D eigenvalue weighted by Gasteiger charge is 2.38. The first kappa shape index (κ1) is 27.9. The Morgan fingerprint density at radius 1 is 0.927 bits per heavy atom. The summed E-state index contributed by atoms with van der Waals surface area (Å²) in [6, 6.07) is 10.4. The first-order chi connectivity index (χ1) is 19.9. The van der Waals surface area contributed by atoms with E-state index in [9.17, 15) is 9.59 Å². The molecule has 5 heterocycles. The van der Waals surface area contributed by atoms with Gasteiger partial charge < -0.3 is 29.7 Å². The molecule has 1 aromatic heterocycles. The molecule has 3 saturated heterocycles. The zero-order valence-corrected chi connectivity index (χ0v) is 24.6. The van der Waals surface area contributed by atoms with Gasteiger partial charge in [0.2, 0.25) is 5.91 Å². The van der Waals surface area contributed by atoms with Crippen molar-refractivity contribution in [2.45, 2.75) is 50.7 Å². The molecule has 2 amide bonds. The lowest BCUT2D eigenvalue weighted by Crippen LogP contribution is -2.55. The van der Waals surface area contributed by atoms with E-state index in [4.69, 9.17) is 4.74 Å². The topological polar surface area (TPSA) is 84.5 Å². The van der Waals surface area contributed by atoms with E-state index in [1.807, 2.05) is 49.2 Å². The van der Waals surface area contributed by atoms with Crippen LogP contribution in [0.15, 0.2) is 36.5 Å². The third-order valence-electron chi connectivity index (χ3n) is 9.38. The normalized spacial score (nSPS) is 23.5. The summed E-state index contributed by atoms with van der Waals surface area (Å²) in [4.78, 5) is 42.0. The Balaban J connectivity index is 1.14. The average Bonchev–Trinajstić information content (AvgIpc) is 3.01. The van der Waals surface area contributed by atoms with E-state index < -0.39 is 0 Å². The Labute approximate surface area is 243 Å². The molecule has 41 heavy (non-hydrogen) atoms. The van der Waals surface area contributed by atoms with Crippen LogP contribution in [0.25, 0.3) is 0 Å². The number of carbonyl (C=O) groups is 2. The van der Waals surface area contributed by atoms with Gasteiger partial charge in [-0.1, -0.05) is 6.07 Å². The van der Waals surface area contributed by atoms with Crippen LogP contribution in [0.2, 0.25) is 0 Å². The Morgan fingerprint density at radius 2 is 1.66 bits per heavy atom. The molecule has 4 aliphatic heterocycles. The zero-order chi connectivity index (χ0) is 28.5. The van der Waals surface area contributed by atoms with Crippen molar-refractivity contribution in [1.82, 2.24) is 19.7 Å². The lowest BCUT2D eigenvalue weighted by atomic mass is 10.00. The number of fused-ring (bicyclic) bond motifs is 1. The molecule has 1 N–H and O–H groups in total. The maximum absolute atomic E-state index is 13.4. The summed E-state index contributed by atoms with van der Waals surface area (Å²) in [6.07, 6.45) is 5.98. The Kier molecular flexibility index (Phi) is 8.14. The summed E-state index contributed by atoms with van der Waals surface area (Å²) in [7, 11) is 4.01. The zero-order valence-electron chi connectivity index (χ0n) is 24.6. The fourth-order valence-corrected chi connectivity index (χ4v) is 6.88. The number of carbonyl (C=O) groups excluding carboxylic acids is 2. The smallest absolute Gasteiger partial charge is 0.254 e. The van der Waals surface area contributed by atoms with Crippen molar-refractivity contribution in [3.8, 4) is 0 Å². The van der Waals surface area contributed by atoms with Crippen LogP contribution in [-0.4, -0.2) is 116 Å². The quantitative estimate of drug-likeness (QED) is 0.597. The second kappa shape index (κ2) is 12.0. The fourth-order valence-electron chi connectivity index (χ4n) is 6.88. The highest BCUT2D eigenvalue weighted by atomic mass is 16.5. The molecule has 10 nitrogen and oxygen atoms in total. The van der Waals surface area contributed by atoms with Gasteiger partial charge in [-0.2, -0.15) is 0 Å². The minimum atomic E-state index is -0.258. The molecular weight excluding hydrogens is 518 g/mol. The van der Waals surface area contributed by atoms with Crippen LogP contribution in [0.5, 0.6) is 0 Å². The van der Waals surface area contributed by atoms with Crippen molar-refractivity contribution in [2.75, 3.05) is 81.7 Å². The molecule has 10 heteroatoms. The van der Waals surface area contributed by atoms with Crippen LogP contribution in [0, 0.1) is 0 Å². The molecule has 0 spiro atoms. The third-order valence-corrected chi connectivity index (χ3v) is 9.38. The highest BCUT2D eigenvalue weighted by Crippen LogP contribution is 2.39. The largest absolute Gasteiger partial charge is 0.381 e. The number of amides is 2. The van der Waals surface area contributed by atoms with Crippen LogP contribution in [-0.2, 0) is 9.53 Å². The van der Waals surface area contributed by atoms with Crippen molar-refractivity contribution in [2.24, 2.45) is 0 Å². The number of piperazine rings is 1. The number of rotatable bonds is 5. The van der Waals surface area contributed by atoms with Crippen LogP contribution >= 0.6 is 0 Å². The van der Waals surface area contributed by atoms with Gasteiger partial charge in [0.05, 0.1) is 17.6 Å². The number of ether oxygens (including phenoxy) is 1. The monoisotopic (exact) mass is 561 g/mol. The summed E-state index contributed by atoms with van der Waals surface area (Å²) >= 11 is 0. The van der Waals surface area contributed by atoms with Crippen molar-refractivity contribution >= 4 is 34.7 Å². The molecule has 2 aromatic rings. The van der Waals surface area contributed by atoms with Gasteiger partial charge in [-0.3, -0.25) is 14.5 Å². The number of hydrogen-bond donors (Lipinski definition) is 1. The lowest BCUT2D eigenvalue weighted by molar-refractivity contribution is -0.119. The van der Waals surface area contributed by atoms with Gasteiger partial charge in [0.25, 0.3) is 5.91 Å². The Morgan fingerprint density at radius 3 is 2.39 bits per heavy atom. The number of likely N-dealkylation sites (tertiary alicyclic amines) is 1. The minimum absolute atomic E-state index is 0.0740. The summed E-state index contributed by atoms with van der Waals surface area (Å²) < 4.78 is 5.59. The molecule has 0 aliphatic carbocycles. The molecule has 0 bridgehead atoms. The Bertz CT molecular complexity index is 1250.